The highest BCUT2D eigenvalue weighted by molar-refractivity contribution is 5.81. The number of alkyl halides is 3. The van der Waals surface area contributed by atoms with Crippen LogP contribution in [-0.2, 0) is 4.79 Å². The molecule has 0 spiro atoms. The molecule has 0 heterocycles. The standard InChI is InChI=1S/C8H14F3NO2/c1-7(2,3)6(14)12-5(4-13)8(9,10)11/h5,13H,4H2,1-3H3,(H,12,14)/t5-/m0/s1. The summed E-state index contributed by atoms with van der Waals surface area (Å²) in [6.45, 7) is 3.33. The van der Waals surface area contributed by atoms with Crippen LogP contribution in [0.15, 0.2) is 0 Å². The summed E-state index contributed by atoms with van der Waals surface area (Å²) in [6, 6.07) is -2.19. The van der Waals surface area contributed by atoms with Gasteiger partial charge < -0.3 is 10.4 Å². The SMILES string of the molecule is CC(C)(C)C(=O)N[C@@H](CO)C(F)(F)F. The molecule has 0 aliphatic rings. The molecule has 1 atom stereocenters. The van der Waals surface area contributed by atoms with Gasteiger partial charge >= 0.3 is 6.18 Å². The average molecular weight is 213 g/mol. The van der Waals surface area contributed by atoms with Crippen LogP contribution in [-0.4, -0.2) is 29.8 Å². The van der Waals surface area contributed by atoms with Gasteiger partial charge in [-0.2, -0.15) is 13.2 Å². The Balaban J connectivity index is 4.43. The van der Waals surface area contributed by atoms with Gasteiger partial charge in [0.1, 0.15) is 6.04 Å². The van der Waals surface area contributed by atoms with Crippen molar-refractivity contribution in [1.29, 1.82) is 0 Å². The third-order valence-electron chi connectivity index (χ3n) is 1.56. The van der Waals surface area contributed by atoms with E-state index in [4.69, 9.17) is 5.11 Å². The summed E-state index contributed by atoms with van der Waals surface area (Å²) < 4.78 is 36.3. The molecule has 0 aromatic rings. The number of carbonyl (C=O) groups is 1. The van der Waals surface area contributed by atoms with E-state index >= 15 is 0 Å². The van der Waals surface area contributed by atoms with Gasteiger partial charge in [-0.3, -0.25) is 4.79 Å². The molecule has 0 aromatic carbocycles. The first kappa shape index (κ1) is 13.2. The number of aliphatic hydroxyl groups excluding tert-OH is 1. The van der Waals surface area contributed by atoms with Gasteiger partial charge in [-0.25, -0.2) is 0 Å². The Kier molecular flexibility index (Phi) is 3.93. The zero-order valence-electron chi connectivity index (χ0n) is 8.27. The maximum Gasteiger partial charge on any atom is 0.410 e. The summed E-state index contributed by atoms with van der Waals surface area (Å²) in [6.07, 6.45) is -4.62. The van der Waals surface area contributed by atoms with Crippen LogP contribution < -0.4 is 5.32 Å². The normalized spacial score (nSPS) is 15.1. The molecule has 14 heavy (non-hydrogen) atoms. The fraction of sp³-hybridized carbons (Fsp3) is 0.875. The van der Waals surface area contributed by atoms with Crippen molar-refractivity contribution in [1.82, 2.24) is 5.32 Å². The lowest BCUT2D eigenvalue weighted by Gasteiger charge is -2.24. The van der Waals surface area contributed by atoms with E-state index in [1.807, 2.05) is 0 Å². The number of nitrogens with one attached hydrogen (secondary N) is 1. The Morgan fingerprint density at radius 1 is 1.36 bits per heavy atom. The Labute approximate surface area is 80.3 Å². The summed E-state index contributed by atoms with van der Waals surface area (Å²) in [7, 11) is 0. The van der Waals surface area contributed by atoms with Crippen molar-refractivity contribution in [2.24, 2.45) is 5.41 Å². The number of halogens is 3. The van der Waals surface area contributed by atoms with Crippen molar-refractivity contribution in [2.75, 3.05) is 6.61 Å². The largest absolute Gasteiger partial charge is 0.410 e. The fourth-order valence-corrected chi connectivity index (χ4v) is 0.606. The van der Waals surface area contributed by atoms with Crippen LogP contribution in [0.3, 0.4) is 0 Å². The van der Waals surface area contributed by atoms with E-state index in [1.54, 1.807) is 5.32 Å². The maximum absolute atomic E-state index is 12.1. The molecule has 0 unspecified atom stereocenters. The van der Waals surface area contributed by atoms with E-state index < -0.39 is 30.1 Å². The van der Waals surface area contributed by atoms with Gasteiger partial charge in [-0.05, 0) is 0 Å². The smallest absolute Gasteiger partial charge is 0.394 e. The van der Waals surface area contributed by atoms with Crippen LogP contribution in [0.25, 0.3) is 0 Å². The quantitative estimate of drug-likeness (QED) is 0.720. The summed E-state index contributed by atoms with van der Waals surface area (Å²) in [5, 5.41) is 10.2. The third-order valence-corrected chi connectivity index (χ3v) is 1.56. The maximum atomic E-state index is 12.1. The lowest BCUT2D eigenvalue weighted by Crippen LogP contribution is -2.51. The molecular formula is C8H14F3NO2. The minimum atomic E-state index is -4.62. The van der Waals surface area contributed by atoms with Crippen molar-refractivity contribution >= 4 is 5.91 Å². The second-order valence-corrected chi connectivity index (χ2v) is 4.00. The molecule has 0 rings (SSSR count). The molecule has 0 saturated carbocycles. The van der Waals surface area contributed by atoms with Gasteiger partial charge in [0.15, 0.2) is 0 Å². The van der Waals surface area contributed by atoms with Crippen LogP contribution in [0, 0.1) is 5.41 Å². The molecule has 0 saturated heterocycles. The second-order valence-electron chi connectivity index (χ2n) is 4.00. The van der Waals surface area contributed by atoms with E-state index in [2.05, 4.69) is 0 Å². The molecule has 84 valence electrons. The molecule has 2 N–H and O–H groups in total. The van der Waals surface area contributed by atoms with Crippen molar-refractivity contribution in [3.63, 3.8) is 0 Å². The van der Waals surface area contributed by atoms with E-state index in [0.29, 0.717) is 0 Å². The Morgan fingerprint density at radius 3 is 2.00 bits per heavy atom. The van der Waals surface area contributed by atoms with Crippen LogP contribution in [0.1, 0.15) is 20.8 Å². The monoisotopic (exact) mass is 213 g/mol. The molecule has 0 aromatic heterocycles. The fourth-order valence-electron chi connectivity index (χ4n) is 0.606. The van der Waals surface area contributed by atoms with E-state index in [9.17, 15) is 18.0 Å². The molecule has 0 fully saturated rings. The predicted octanol–water partition coefficient (Wildman–Crippen LogP) is 1.07. The molecule has 1 amide bonds. The van der Waals surface area contributed by atoms with Gasteiger partial charge in [0, 0.05) is 5.41 Å². The van der Waals surface area contributed by atoms with Gasteiger partial charge in [-0.15, -0.1) is 0 Å². The number of rotatable bonds is 2. The van der Waals surface area contributed by atoms with E-state index in [-0.39, 0.29) is 0 Å². The zero-order valence-corrected chi connectivity index (χ0v) is 8.27. The zero-order chi connectivity index (χ0) is 11.6. The highest BCUT2D eigenvalue weighted by Gasteiger charge is 2.41. The van der Waals surface area contributed by atoms with Crippen LogP contribution >= 0.6 is 0 Å². The first-order chi connectivity index (χ1) is 6.09. The van der Waals surface area contributed by atoms with Gasteiger partial charge in [-0.1, -0.05) is 20.8 Å². The average Bonchev–Trinajstić information content (AvgIpc) is 1.95. The third kappa shape index (κ3) is 3.95. The molecule has 3 nitrogen and oxygen atoms in total. The van der Waals surface area contributed by atoms with E-state index in [0.717, 1.165) is 0 Å². The highest BCUT2D eigenvalue weighted by atomic mass is 19.4. The van der Waals surface area contributed by atoms with Gasteiger partial charge in [0.05, 0.1) is 6.61 Å². The summed E-state index contributed by atoms with van der Waals surface area (Å²) >= 11 is 0. The van der Waals surface area contributed by atoms with Gasteiger partial charge in [0.25, 0.3) is 0 Å². The number of carbonyl (C=O) groups excluding carboxylic acids is 1. The first-order valence-corrected chi connectivity index (χ1v) is 4.07. The molecule has 0 bridgehead atoms. The van der Waals surface area contributed by atoms with Crippen molar-refractivity contribution in [2.45, 2.75) is 33.0 Å². The predicted molar refractivity (Wildman–Crippen MR) is 44.5 cm³/mol. The van der Waals surface area contributed by atoms with Crippen LogP contribution in [0.2, 0.25) is 0 Å². The topological polar surface area (TPSA) is 49.3 Å². The second kappa shape index (κ2) is 4.16. The lowest BCUT2D eigenvalue weighted by atomic mass is 9.95. The van der Waals surface area contributed by atoms with Gasteiger partial charge in [0.2, 0.25) is 5.91 Å². The first-order valence-electron chi connectivity index (χ1n) is 4.07. The van der Waals surface area contributed by atoms with E-state index in [1.165, 1.54) is 20.8 Å². The Hall–Kier alpha value is -0.780. The molecule has 0 aliphatic heterocycles. The number of aliphatic hydroxyl groups is 1. The van der Waals surface area contributed by atoms with Crippen molar-refractivity contribution in [3.05, 3.63) is 0 Å². The van der Waals surface area contributed by atoms with Crippen LogP contribution in [0.5, 0.6) is 0 Å². The van der Waals surface area contributed by atoms with Crippen molar-refractivity contribution in [3.8, 4) is 0 Å². The Morgan fingerprint density at radius 2 is 1.79 bits per heavy atom. The molecule has 0 aliphatic carbocycles. The summed E-state index contributed by atoms with van der Waals surface area (Å²) in [5.41, 5.74) is -0.904. The molecular weight excluding hydrogens is 199 g/mol. The number of hydrogen-bond donors (Lipinski definition) is 2. The Bertz CT molecular complexity index is 208. The number of hydrogen-bond acceptors (Lipinski definition) is 2. The minimum Gasteiger partial charge on any atom is -0.394 e. The molecule has 6 heteroatoms. The highest BCUT2D eigenvalue weighted by Crippen LogP contribution is 2.21. The van der Waals surface area contributed by atoms with Crippen LogP contribution in [0.4, 0.5) is 13.2 Å². The lowest BCUT2D eigenvalue weighted by molar-refractivity contribution is -0.170. The number of amides is 1. The summed E-state index contributed by atoms with van der Waals surface area (Å²) in [5.74, 6) is -0.742. The summed E-state index contributed by atoms with van der Waals surface area (Å²) in [4.78, 5) is 11.2. The van der Waals surface area contributed by atoms with Crippen molar-refractivity contribution < 1.29 is 23.1 Å². The minimum absolute atomic E-state index is 0.742. The molecule has 0 radical (unpaired) electrons.